The van der Waals surface area contributed by atoms with E-state index < -0.39 is 5.91 Å². The van der Waals surface area contributed by atoms with Crippen molar-refractivity contribution in [3.8, 4) is 5.75 Å². The van der Waals surface area contributed by atoms with E-state index >= 15 is 0 Å². The monoisotopic (exact) mass is 323 g/mol. The second-order valence-corrected chi connectivity index (χ2v) is 5.24. The van der Waals surface area contributed by atoms with Crippen LogP contribution in [0, 0.1) is 13.8 Å². The Hall–Kier alpha value is -3.22. The summed E-state index contributed by atoms with van der Waals surface area (Å²) in [5.41, 5.74) is 2.23. The highest BCUT2D eigenvalue weighted by atomic mass is 16.5. The highest BCUT2D eigenvalue weighted by molar-refractivity contribution is 6.02. The molecule has 0 aliphatic rings. The zero-order valence-corrected chi connectivity index (χ0v) is 13.5. The molecule has 0 unspecified atom stereocenters. The topological polar surface area (TPSA) is 81.4 Å². The van der Waals surface area contributed by atoms with E-state index in [-0.39, 0.29) is 5.82 Å². The zero-order chi connectivity index (χ0) is 17.1. The number of rotatable bonds is 5. The third kappa shape index (κ3) is 3.10. The Balaban J connectivity index is 1.88. The molecule has 7 heteroatoms. The molecule has 0 fully saturated rings. The van der Waals surface area contributed by atoms with Gasteiger partial charge in [0.2, 0.25) is 5.82 Å². The Morgan fingerprint density at radius 3 is 2.92 bits per heavy atom. The van der Waals surface area contributed by atoms with Crippen molar-refractivity contribution in [1.29, 1.82) is 0 Å². The van der Waals surface area contributed by atoms with Gasteiger partial charge < -0.3 is 10.1 Å². The maximum absolute atomic E-state index is 12.5. The average molecular weight is 323 g/mol. The second-order valence-electron chi connectivity index (χ2n) is 5.24. The number of ether oxygens (including phenoxy) is 1. The fraction of sp³-hybridized carbons (Fsp3) is 0.176. The molecule has 0 spiro atoms. The fourth-order valence-corrected chi connectivity index (χ4v) is 2.29. The van der Waals surface area contributed by atoms with Crippen LogP contribution in [0.25, 0.3) is 5.78 Å². The number of fused-ring (bicyclic) bond motifs is 1. The number of amides is 1. The quantitative estimate of drug-likeness (QED) is 0.730. The predicted octanol–water partition coefficient (Wildman–Crippen LogP) is 2.56. The van der Waals surface area contributed by atoms with Crippen LogP contribution in [0.4, 0.5) is 5.69 Å². The zero-order valence-electron chi connectivity index (χ0n) is 13.5. The molecule has 2 aromatic heterocycles. The summed E-state index contributed by atoms with van der Waals surface area (Å²) in [6.07, 6.45) is 1.64. The number of carbonyl (C=O) groups is 1. The van der Waals surface area contributed by atoms with E-state index in [0.29, 0.717) is 23.8 Å². The predicted molar refractivity (Wildman–Crippen MR) is 90.3 cm³/mol. The summed E-state index contributed by atoms with van der Waals surface area (Å²) >= 11 is 0. The van der Waals surface area contributed by atoms with Crippen molar-refractivity contribution in [1.82, 2.24) is 19.6 Å². The van der Waals surface area contributed by atoms with Gasteiger partial charge in [0.1, 0.15) is 12.4 Å². The number of aromatic nitrogens is 4. The van der Waals surface area contributed by atoms with E-state index in [1.54, 1.807) is 22.7 Å². The van der Waals surface area contributed by atoms with Crippen LogP contribution in [0.2, 0.25) is 0 Å². The Bertz CT molecular complexity index is 916. The summed E-state index contributed by atoms with van der Waals surface area (Å²) in [5.74, 6) is 0.579. The average Bonchev–Trinajstić information content (AvgIpc) is 2.98. The number of carbonyl (C=O) groups excluding carboxylic acids is 1. The van der Waals surface area contributed by atoms with Crippen LogP contribution in [0.15, 0.2) is 43.0 Å². The van der Waals surface area contributed by atoms with E-state index in [0.717, 1.165) is 11.4 Å². The molecule has 0 aliphatic heterocycles. The first-order chi connectivity index (χ1) is 11.6. The molecule has 0 saturated heterocycles. The minimum Gasteiger partial charge on any atom is -0.487 e. The molecule has 24 heavy (non-hydrogen) atoms. The molecule has 7 nitrogen and oxygen atoms in total. The van der Waals surface area contributed by atoms with Crippen LogP contribution in [0.1, 0.15) is 22.0 Å². The van der Waals surface area contributed by atoms with Crippen molar-refractivity contribution >= 4 is 17.4 Å². The summed E-state index contributed by atoms with van der Waals surface area (Å²) in [4.78, 5) is 20.9. The second kappa shape index (κ2) is 6.49. The summed E-state index contributed by atoms with van der Waals surface area (Å²) in [6, 6.07) is 9.03. The van der Waals surface area contributed by atoms with E-state index in [1.165, 1.54) is 0 Å². The van der Waals surface area contributed by atoms with Crippen molar-refractivity contribution < 1.29 is 9.53 Å². The van der Waals surface area contributed by atoms with Gasteiger partial charge >= 0.3 is 0 Å². The van der Waals surface area contributed by atoms with Gasteiger partial charge in [-0.1, -0.05) is 24.8 Å². The van der Waals surface area contributed by atoms with Crippen LogP contribution in [0.3, 0.4) is 0 Å². The molecular weight excluding hydrogens is 306 g/mol. The lowest BCUT2D eigenvalue weighted by Crippen LogP contribution is -2.15. The van der Waals surface area contributed by atoms with Gasteiger partial charge in [0, 0.05) is 11.4 Å². The largest absolute Gasteiger partial charge is 0.487 e. The van der Waals surface area contributed by atoms with E-state index in [1.807, 2.05) is 32.0 Å². The number of benzene rings is 1. The van der Waals surface area contributed by atoms with E-state index in [2.05, 4.69) is 27.0 Å². The molecule has 0 atom stereocenters. The molecule has 1 N–H and O–H groups in total. The van der Waals surface area contributed by atoms with Crippen molar-refractivity contribution in [2.24, 2.45) is 0 Å². The smallest absolute Gasteiger partial charge is 0.295 e. The van der Waals surface area contributed by atoms with Gasteiger partial charge in [-0.3, -0.25) is 4.79 Å². The SMILES string of the molecule is C=CCOc1ccccc1NC(=O)c1nc2nc(C)cc(C)n2n1. The molecule has 1 aromatic carbocycles. The van der Waals surface area contributed by atoms with Gasteiger partial charge in [-0.15, -0.1) is 5.10 Å². The Kier molecular flexibility index (Phi) is 4.24. The van der Waals surface area contributed by atoms with Crippen molar-refractivity contribution in [3.05, 3.63) is 60.2 Å². The van der Waals surface area contributed by atoms with Crippen LogP contribution in [-0.2, 0) is 0 Å². The third-order valence-electron chi connectivity index (χ3n) is 3.31. The first-order valence-corrected chi connectivity index (χ1v) is 7.43. The lowest BCUT2D eigenvalue weighted by molar-refractivity contribution is 0.101. The number of aryl methyl sites for hydroxylation is 2. The molecule has 3 rings (SSSR count). The molecule has 122 valence electrons. The fourth-order valence-electron chi connectivity index (χ4n) is 2.29. The first kappa shape index (κ1) is 15.7. The summed E-state index contributed by atoms with van der Waals surface area (Å²) in [7, 11) is 0. The minimum atomic E-state index is -0.424. The molecular formula is C17H17N5O2. The van der Waals surface area contributed by atoms with Crippen LogP contribution in [0.5, 0.6) is 5.75 Å². The number of hydrogen-bond acceptors (Lipinski definition) is 5. The van der Waals surface area contributed by atoms with Crippen LogP contribution < -0.4 is 10.1 Å². The van der Waals surface area contributed by atoms with Crippen LogP contribution >= 0.6 is 0 Å². The van der Waals surface area contributed by atoms with E-state index in [4.69, 9.17) is 4.74 Å². The Morgan fingerprint density at radius 2 is 2.12 bits per heavy atom. The highest BCUT2D eigenvalue weighted by Gasteiger charge is 2.16. The molecule has 1 amide bonds. The molecule has 0 saturated carbocycles. The Morgan fingerprint density at radius 1 is 1.33 bits per heavy atom. The van der Waals surface area contributed by atoms with E-state index in [9.17, 15) is 4.79 Å². The number of nitrogens with zero attached hydrogens (tertiary/aromatic N) is 4. The number of nitrogens with one attached hydrogen (secondary N) is 1. The summed E-state index contributed by atoms with van der Waals surface area (Å²) in [6.45, 7) is 7.72. The first-order valence-electron chi connectivity index (χ1n) is 7.43. The molecule has 3 aromatic rings. The van der Waals surface area contributed by atoms with Gasteiger partial charge in [-0.05, 0) is 32.0 Å². The number of anilines is 1. The van der Waals surface area contributed by atoms with Crippen molar-refractivity contribution in [2.45, 2.75) is 13.8 Å². The van der Waals surface area contributed by atoms with Gasteiger partial charge in [-0.2, -0.15) is 4.98 Å². The number of para-hydroxylation sites is 2. The maximum atomic E-state index is 12.5. The van der Waals surface area contributed by atoms with Crippen LogP contribution in [-0.4, -0.2) is 32.1 Å². The highest BCUT2D eigenvalue weighted by Crippen LogP contribution is 2.24. The maximum Gasteiger partial charge on any atom is 0.295 e. The molecule has 0 radical (unpaired) electrons. The van der Waals surface area contributed by atoms with Gasteiger partial charge in [0.05, 0.1) is 5.69 Å². The number of hydrogen-bond donors (Lipinski definition) is 1. The normalized spacial score (nSPS) is 10.6. The van der Waals surface area contributed by atoms with Crippen molar-refractivity contribution in [3.63, 3.8) is 0 Å². The third-order valence-corrected chi connectivity index (χ3v) is 3.31. The molecule has 0 bridgehead atoms. The van der Waals surface area contributed by atoms with Gasteiger partial charge in [0.15, 0.2) is 0 Å². The minimum absolute atomic E-state index is 0.0507. The Labute approximate surface area is 139 Å². The standard InChI is InChI=1S/C17H17N5O2/c1-4-9-24-14-8-6-5-7-13(14)19-16(23)15-20-17-18-11(2)10-12(3)22(17)21-15/h4-8,10H,1,9H2,2-3H3,(H,19,23). The summed E-state index contributed by atoms with van der Waals surface area (Å²) < 4.78 is 7.07. The van der Waals surface area contributed by atoms with Gasteiger partial charge in [-0.25, -0.2) is 9.50 Å². The molecule has 2 heterocycles. The van der Waals surface area contributed by atoms with Crippen molar-refractivity contribution in [2.75, 3.05) is 11.9 Å². The lowest BCUT2D eigenvalue weighted by atomic mass is 10.3. The molecule has 0 aliphatic carbocycles. The van der Waals surface area contributed by atoms with Gasteiger partial charge in [0.25, 0.3) is 11.7 Å². The summed E-state index contributed by atoms with van der Waals surface area (Å²) in [5, 5.41) is 6.98. The lowest BCUT2D eigenvalue weighted by Gasteiger charge is -2.09.